The molecule has 0 saturated carbocycles. The molecular weight excluding hydrogens is 316 g/mol. The van der Waals surface area contributed by atoms with Crippen molar-refractivity contribution in [2.45, 2.75) is 37.2 Å². The molecule has 2 saturated heterocycles. The minimum absolute atomic E-state index is 0.0193. The lowest BCUT2D eigenvalue weighted by Gasteiger charge is -2.38. The summed E-state index contributed by atoms with van der Waals surface area (Å²) in [6, 6.07) is 8.04. The van der Waals surface area contributed by atoms with Gasteiger partial charge in [0.15, 0.2) is 0 Å². The summed E-state index contributed by atoms with van der Waals surface area (Å²) in [5.74, 6) is -0.0193. The van der Waals surface area contributed by atoms with Crippen LogP contribution >= 0.6 is 0 Å². The maximum atomic E-state index is 12.6. The van der Waals surface area contributed by atoms with Crippen molar-refractivity contribution in [3.63, 3.8) is 0 Å². The molecule has 134 valence electrons. The van der Waals surface area contributed by atoms with E-state index in [-0.39, 0.29) is 18.6 Å². The minimum Gasteiger partial charge on any atom is -0.368 e. The molecule has 2 aliphatic heterocycles. The van der Waals surface area contributed by atoms with Crippen molar-refractivity contribution < 1.29 is 9.53 Å². The lowest BCUT2D eigenvalue weighted by atomic mass is 9.78. The van der Waals surface area contributed by atoms with Crippen LogP contribution in [0.2, 0.25) is 0 Å². The number of hydrogen-bond donors (Lipinski definition) is 0. The average Bonchev–Trinajstić information content (AvgIpc) is 2.68. The number of carbonyl (C=O) groups is 1. The number of rotatable bonds is 4. The van der Waals surface area contributed by atoms with Crippen molar-refractivity contribution in [3.8, 4) is 6.07 Å². The molecule has 1 aromatic rings. The van der Waals surface area contributed by atoms with Crippen LogP contribution in [0.4, 0.5) is 0 Å². The largest absolute Gasteiger partial charge is 0.368 e. The number of aromatic nitrogens is 1. The maximum Gasteiger partial charge on any atom is 0.248 e. The van der Waals surface area contributed by atoms with Crippen LogP contribution in [0.1, 0.15) is 31.4 Å². The van der Waals surface area contributed by atoms with Gasteiger partial charge in [-0.05, 0) is 44.9 Å². The third-order valence-electron chi connectivity index (χ3n) is 5.32. The number of nitrogens with zero attached hydrogens (tertiary/aromatic N) is 4. The number of ether oxygens (including phenoxy) is 1. The van der Waals surface area contributed by atoms with Crippen molar-refractivity contribution in [2.24, 2.45) is 0 Å². The van der Waals surface area contributed by atoms with Crippen LogP contribution in [0.15, 0.2) is 24.4 Å². The Labute approximate surface area is 149 Å². The summed E-state index contributed by atoms with van der Waals surface area (Å²) in [6.45, 7) is 3.22. The summed E-state index contributed by atoms with van der Waals surface area (Å²) in [6.07, 6.45) is 5.36. The van der Waals surface area contributed by atoms with Gasteiger partial charge < -0.3 is 14.5 Å². The van der Waals surface area contributed by atoms with Crippen LogP contribution in [-0.4, -0.2) is 66.6 Å². The molecule has 0 aliphatic carbocycles. The van der Waals surface area contributed by atoms with Gasteiger partial charge in [0.2, 0.25) is 5.91 Å². The standard InChI is InChI=1S/C19H26N4O2/c1-22-11-6-16(7-12-22)25-13-18(24)23-10-4-8-19(14-20,15-23)17-5-2-3-9-21-17/h2-3,5,9,16H,4,6-8,10-13,15H2,1H3. The summed E-state index contributed by atoms with van der Waals surface area (Å²) >= 11 is 0. The Morgan fingerprint density at radius 2 is 2.20 bits per heavy atom. The van der Waals surface area contributed by atoms with E-state index < -0.39 is 5.41 Å². The van der Waals surface area contributed by atoms with Crippen LogP contribution in [0.3, 0.4) is 0 Å². The van der Waals surface area contributed by atoms with Gasteiger partial charge in [-0.2, -0.15) is 5.26 Å². The second-order valence-corrected chi connectivity index (χ2v) is 7.14. The highest BCUT2D eigenvalue weighted by Gasteiger charge is 2.40. The lowest BCUT2D eigenvalue weighted by Crippen LogP contribution is -2.49. The first-order valence-corrected chi connectivity index (χ1v) is 9.04. The summed E-state index contributed by atoms with van der Waals surface area (Å²) < 4.78 is 5.84. The monoisotopic (exact) mass is 342 g/mol. The van der Waals surface area contributed by atoms with Crippen molar-refractivity contribution in [1.29, 1.82) is 5.26 Å². The zero-order valence-electron chi connectivity index (χ0n) is 14.9. The number of nitriles is 1. The molecule has 0 aromatic carbocycles. The number of likely N-dealkylation sites (tertiary alicyclic amines) is 2. The Morgan fingerprint density at radius 1 is 1.40 bits per heavy atom. The van der Waals surface area contributed by atoms with Crippen molar-refractivity contribution >= 4 is 5.91 Å². The second kappa shape index (κ2) is 7.94. The van der Waals surface area contributed by atoms with E-state index in [1.54, 1.807) is 11.1 Å². The van der Waals surface area contributed by atoms with Crippen molar-refractivity contribution in [1.82, 2.24) is 14.8 Å². The topological polar surface area (TPSA) is 69.5 Å². The average molecular weight is 342 g/mol. The first-order valence-electron chi connectivity index (χ1n) is 9.04. The van der Waals surface area contributed by atoms with Crippen molar-refractivity contribution in [2.75, 3.05) is 39.8 Å². The molecule has 0 bridgehead atoms. The van der Waals surface area contributed by atoms with Gasteiger partial charge in [-0.1, -0.05) is 6.07 Å². The van der Waals surface area contributed by atoms with Gasteiger partial charge in [0, 0.05) is 32.4 Å². The SMILES string of the molecule is CN1CCC(OCC(=O)N2CCCC(C#N)(c3ccccn3)C2)CC1. The molecule has 1 unspecified atom stereocenters. The highest BCUT2D eigenvalue weighted by molar-refractivity contribution is 5.77. The minimum atomic E-state index is -0.706. The molecule has 1 amide bonds. The lowest BCUT2D eigenvalue weighted by molar-refractivity contribution is -0.140. The molecule has 25 heavy (non-hydrogen) atoms. The van der Waals surface area contributed by atoms with E-state index in [1.165, 1.54) is 0 Å². The number of hydrogen-bond acceptors (Lipinski definition) is 5. The highest BCUT2D eigenvalue weighted by atomic mass is 16.5. The van der Waals surface area contributed by atoms with E-state index in [2.05, 4.69) is 23.0 Å². The highest BCUT2D eigenvalue weighted by Crippen LogP contribution is 2.32. The van der Waals surface area contributed by atoms with E-state index in [9.17, 15) is 10.1 Å². The Morgan fingerprint density at radius 3 is 2.88 bits per heavy atom. The zero-order chi connectivity index (χ0) is 17.7. The fraction of sp³-hybridized carbons (Fsp3) is 0.632. The van der Waals surface area contributed by atoms with E-state index in [0.29, 0.717) is 13.1 Å². The fourth-order valence-corrected chi connectivity index (χ4v) is 3.70. The number of amides is 1. The van der Waals surface area contributed by atoms with Gasteiger partial charge in [0.05, 0.1) is 17.9 Å². The Bertz CT molecular complexity index is 622. The van der Waals surface area contributed by atoms with Crippen LogP contribution in [-0.2, 0) is 14.9 Å². The third-order valence-corrected chi connectivity index (χ3v) is 5.32. The molecule has 1 aromatic heterocycles. The van der Waals surface area contributed by atoms with Crippen LogP contribution in [0, 0.1) is 11.3 Å². The molecule has 2 fully saturated rings. The number of carbonyl (C=O) groups excluding carboxylic acids is 1. The first-order chi connectivity index (χ1) is 12.1. The molecule has 1 atom stereocenters. The van der Waals surface area contributed by atoms with Gasteiger partial charge in [0.1, 0.15) is 12.0 Å². The maximum absolute atomic E-state index is 12.6. The smallest absolute Gasteiger partial charge is 0.248 e. The number of piperidine rings is 2. The van der Waals surface area contributed by atoms with E-state index in [1.807, 2.05) is 18.2 Å². The van der Waals surface area contributed by atoms with Gasteiger partial charge >= 0.3 is 0 Å². The summed E-state index contributed by atoms with van der Waals surface area (Å²) in [5, 5.41) is 9.79. The van der Waals surface area contributed by atoms with Crippen LogP contribution < -0.4 is 0 Å². The van der Waals surface area contributed by atoms with Crippen LogP contribution in [0.25, 0.3) is 0 Å². The summed E-state index contributed by atoms with van der Waals surface area (Å²) in [4.78, 5) is 21.0. The molecule has 3 rings (SSSR count). The van der Waals surface area contributed by atoms with E-state index in [4.69, 9.17) is 4.74 Å². The quantitative estimate of drug-likeness (QED) is 0.831. The van der Waals surface area contributed by atoms with Crippen molar-refractivity contribution in [3.05, 3.63) is 30.1 Å². The van der Waals surface area contributed by atoms with E-state index >= 15 is 0 Å². The molecule has 3 heterocycles. The predicted molar refractivity (Wildman–Crippen MR) is 93.8 cm³/mol. The molecule has 2 aliphatic rings. The first kappa shape index (κ1) is 17.8. The molecule has 0 N–H and O–H groups in total. The normalized spacial score (nSPS) is 25.5. The molecule has 0 spiro atoms. The third kappa shape index (κ3) is 4.17. The Balaban J connectivity index is 1.59. The second-order valence-electron chi connectivity index (χ2n) is 7.14. The summed E-state index contributed by atoms with van der Waals surface area (Å²) in [7, 11) is 2.11. The molecule has 6 nitrogen and oxygen atoms in total. The Kier molecular flexibility index (Phi) is 5.67. The fourth-order valence-electron chi connectivity index (χ4n) is 3.70. The molecule has 6 heteroatoms. The zero-order valence-corrected chi connectivity index (χ0v) is 14.9. The predicted octanol–water partition coefficient (Wildman–Crippen LogP) is 1.58. The molecule has 0 radical (unpaired) electrons. The summed E-state index contributed by atoms with van der Waals surface area (Å²) in [5.41, 5.74) is 0.0501. The van der Waals surface area contributed by atoms with E-state index in [0.717, 1.165) is 44.5 Å². The van der Waals surface area contributed by atoms with Crippen LogP contribution in [0.5, 0.6) is 0 Å². The molecular formula is C19H26N4O2. The Hall–Kier alpha value is -1.97. The van der Waals surface area contributed by atoms with Gasteiger partial charge in [0.25, 0.3) is 0 Å². The van der Waals surface area contributed by atoms with Gasteiger partial charge in [-0.3, -0.25) is 9.78 Å². The van der Waals surface area contributed by atoms with Gasteiger partial charge in [-0.15, -0.1) is 0 Å². The number of pyridine rings is 1. The van der Waals surface area contributed by atoms with Gasteiger partial charge in [-0.25, -0.2) is 0 Å².